The number of hydrogen-bond donors (Lipinski definition) is 4. The third-order valence-corrected chi connectivity index (χ3v) is 9.58. The maximum atomic E-state index is 11.6. The van der Waals surface area contributed by atoms with Crippen LogP contribution in [0.25, 0.3) is 21.8 Å². The van der Waals surface area contributed by atoms with Crippen molar-refractivity contribution in [1.82, 2.24) is 31.1 Å². The summed E-state index contributed by atoms with van der Waals surface area (Å²) in [6.45, 7) is 0. The second-order valence-electron chi connectivity index (χ2n) is 10.7. The van der Waals surface area contributed by atoms with E-state index in [2.05, 4.69) is 9.97 Å². The van der Waals surface area contributed by atoms with E-state index in [1.165, 1.54) is 0 Å². The van der Waals surface area contributed by atoms with Crippen LogP contribution in [0.2, 0.25) is 0 Å². The Bertz CT molecular complexity index is 1950. The Morgan fingerprint density at radius 3 is 1.23 bits per heavy atom. The van der Waals surface area contributed by atoms with Crippen molar-refractivity contribution < 1.29 is 29.9 Å². The highest BCUT2D eigenvalue weighted by Gasteiger charge is 2.32. The summed E-state index contributed by atoms with van der Waals surface area (Å²) in [5, 5.41) is 46.4. The van der Waals surface area contributed by atoms with E-state index in [0.717, 1.165) is 45.7 Å². The summed E-state index contributed by atoms with van der Waals surface area (Å²) in [6, 6.07) is 29.1. The van der Waals surface area contributed by atoms with Gasteiger partial charge in [0.1, 0.15) is 12.1 Å². The van der Waals surface area contributed by atoms with Crippen LogP contribution in [-0.4, -0.2) is 52.9 Å². The number of para-hydroxylation sites is 2. The van der Waals surface area contributed by atoms with Gasteiger partial charge >= 0.3 is 0 Å². The molecular formula is C34H36N8O8S2. The van der Waals surface area contributed by atoms with Gasteiger partial charge in [-0.25, -0.2) is 20.2 Å². The average molecular weight is 749 g/mol. The first-order chi connectivity index (χ1) is 24.1. The summed E-state index contributed by atoms with van der Waals surface area (Å²) in [5.41, 5.74) is 3.06. The zero-order valence-corrected chi connectivity index (χ0v) is 29.6. The van der Waals surface area contributed by atoms with Gasteiger partial charge in [-0.05, 0) is 47.5 Å². The Labute approximate surface area is 305 Å². The van der Waals surface area contributed by atoms with Crippen LogP contribution in [-0.2, 0) is 22.4 Å². The Kier molecular flexibility index (Phi) is 14.6. The molecule has 6 rings (SSSR count). The number of hydrogen-bond acceptors (Lipinski definition) is 10. The largest absolute Gasteiger partial charge is 0.548 e. The lowest BCUT2D eigenvalue weighted by Crippen LogP contribution is -2.48. The second-order valence-corrected chi connectivity index (χ2v) is 12.7. The van der Waals surface area contributed by atoms with Crippen LogP contribution in [0.1, 0.15) is 11.1 Å². The molecule has 16 nitrogen and oxygen atoms in total. The number of nitrogens with one attached hydrogen (secondary N) is 2. The molecule has 2 heterocycles. The van der Waals surface area contributed by atoms with Gasteiger partial charge in [-0.3, -0.25) is 0 Å². The van der Waals surface area contributed by atoms with Crippen LogP contribution in [0.15, 0.2) is 131 Å². The maximum Gasteiger partial charge on any atom is 0.172 e. The number of nitro groups is 2. The maximum absolute atomic E-state index is 11.6. The van der Waals surface area contributed by atoms with Gasteiger partial charge < -0.3 is 42.1 Å². The van der Waals surface area contributed by atoms with Crippen molar-refractivity contribution in [2.24, 2.45) is 0 Å². The monoisotopic (exact) mass is 748 g/mol. The number of nitrogens with zero attached hydrogens (tertiary/aromatic N) is 4. The first-order valence-electron chi connectivity index (χ1n) is 15.0. The average Bonchev–Trinajstić information content (AvgIpc) is 3.72. The highest BCUT2D eigenvalue weighted by molar-refractivity contribution is 7.97. The van der Waals surface area contributed by atoms with Crippen LogP contribution >= 0.6 is 23.9 Å². The van der Waals surface area contributed by atoms with Crippen LogP contribution in [0.3, 0.4) is 0 Å². The number of carbonyl (C=O) groups is 2. The van der Waals surface area contributed by atoms with Crippen LogP contribution in [0.5, 0.6) is 0 Å². The fraction of sp³-hybridized carbons (Fsp3) is 0.118. The lowest BCUT2D eigenvalue weighted by atomic mass is 10.1. The standard InChI is InChI=1S/2C17H15N3O4S.2H3N/c2*21-17(22)16(10-12-11-18-15-9-5-4-8-14(12)15)19(20(23)24)25-13-6-2-1-3-7-13;;/h2*1-9,11,16,18H,10H2,(H,21,22);2*1H3/t2*16-;;/m00../s1. The summed E-state index contributed by atoms with van der Waals surface area (Å²) in [4.78, 5) is 53.4. The lowest BCUT2D eigenvalue weighted by Gasteiger charge is -2.23. The summed E-state index contributed by atoms with van der Waals surface area (Å²) < 4.78 is 1.26. The van der Waals surface area contributed by atoms with Crippen molar-refractivity contribution in [3.8, 4) is 0 Å². The fourth-order valence-corrected chi connectivity index (χ4v) is 6.82. The van der Waals surface area contributed by atoms with E-state index in [1.807, 2.05) is 48.5 Å². The number of carboxylic acids is 2. The molecule has 52 heavy (non-hydrogen) atoms. The Balaban J connectivity index is 0.000000270. The number of benzene rings is 4. The molecule has 2 aromatic heterocycles. The molecule has 0 aliphatic heterocycles. The van der Waals surface area contributed by atoms with Gasteiger partial charge in [0.25, 0.3) is 0 Å². The van der Waals surface area contributed by atoms with Crippen molar-refractivity contribution in [3.63, 3.8) is 0 Å². The third kappa shape index (κ3) is 10.0. The molecule has 0 bridgehead atoms. The second kappa shape index (κ2) is 18.8. The molecule has 18 heteroatoms. The molecule has 0 unspecified atom stereocenters. The van der Waals surface area contributed by atoms with Crippen molar-refractivity contribution in [2.75, 3.05) is 0 Å². The molecule has 0 saturated carbocycles. The third-order valence-electron chi connectivity index (χ3n) is 7.46. The van der Waals surface area contributed by atoms with Gasteiger partial charge in [0.2, 0.25) is 0 Å². The molecule has 10 N–H and O–H groups in total. The minimum absolute atomic E-state index is 0. The first kappa shape index (κ1) is 40.4. The highest BCUT2D eigenvalue weighted by atomic mass is 32.2. The SMILES string of the molecule is O=C([O-])[C@H](Cc1c[nH]c2ccccc12)N(Sc1ccccc1)[N+](=O)[O-].O=C([O-])[C@H](Cc1c[nH]c2ccccc12)N(Sc1ccccc1)[N+](=O)[O-].[NH4+].[NH4+]. The predicted octanol–water partition coefficient (Wildman–Crippen LogP) is 4.81. The van der Waals surface area contributed by atoms with Crippen molar-refractivity contribution in [2.45, 2.75) is 34.7 Å². The number of quaternary nitrogens is 2. The van der Waals surface area contributed by atoms with Crippen LogP contribution < -0.4 is 22.5 Å². The van der Waals surface area contributed by atoms with E-state index in [9.17, 15) is 40.0 Å². The number of carbonyl (C=O) groups excluding carboxylic acids is 2. The molecule has 2 atom stereocenters. The van der Waals surface area contributed by atoms with Gasteiger partial charge in [0.15, 0.2) is 10.1 Å². The van der Waals surface area contributed by atoms with Gasteiger partial charge in [0, 0.05) is 56.8 Å². The predicted molar refractivity (Wildman–Crippen MR) is 196 cm³/mol. The van der Waals surface area contributed by atoms with Crippen LogP contribution in [0, 0.1) is 20.2 Å². The van der Waals surface area contributed by atoms with Crippen LogP contribution in [0.4, 0.5) is 0 Å². The zero-order chi connectivity index (χ0) is 35.6. The summed E-state index contributed by atoms with van der Waals surface area (Å²) in [6.07, 6.45) is 3.25. The summed E-state index contributed by atoms with van der Waals surface area (Å²) >= 11 is 1.53. The Morgan fingerprint density at radius 1 is 0.577 bits per heavy atom. The first-order valence-corrected chi connectivity index (χ1v) is 16.5. The van der Waals surface area contributed by atoms with Gasteiger partial charge in [-0.1, -0.05) is 81.6 Å². The van der Waals surface area contributed by atoms with Crippen molar-refractivity contribution >= 4 is 57.6 Å². The summed E-state index contributed by atoms with van der Waals surface area (Å²) in [7, 11) is 0. The highest BCUT2D eigenvalue weighted by Crippen LogP contribution is 2.29. The van der Waals surface area contributed by atoms with Gasteiger partial charge in [-0.15, -0.1) is 0 Å². The molecule has 0 radical (unpaired) electrons. The Hall–Kier alpha value is -6.08. The number of rotatable bonds is 14. The van der Waals surface area contributed by atoms with E-state index >= 15 is 0 Å². The topological polar surface area (TPSA) is 278 Å². The minimum atomic E-state index is -1.49. The lowest BCUT2D eigenvalue weighted by molar-refractivity contribution is -0.624. The number of H-pyrrole nitrogens is 2. The van der Waals surface area contributed by atoms with E-state index in [0.29, 0.717) is 29.7 Å². The van der Waals surface area contributed by atoms with E-state index < -0.39 is 34.1 Å². The Morgan fingerprint density at radius 2 is 0.904 bits per heavy atom. The number of hydrazine groups is 2. The molecule has 6 aromatic rings. The van der Waals surface area contributed by atoms with Gasteiger partial charge in [-0.2, -0.15) is 0 Å². The van der Waals surface area contributed by atoms with E-state index in [4.69, 9.17) is 0 Å². The number of aromatic nitrogens is 2. The van der Waals surface area contributed by atoms with Gasteiger partial charge in [0.05, 0.1) is 35.8 Å². The molecule has 0 aliphatic rings. The number of aromatic amines is 2. The molecule has 272 valence electrons. The van der Waals surface area contributed by atoms with E-state index in [1.54, 1.807) is 73.1 Å². The normalized spacial score (nSPS) is 11.5. The molecule has 0 amide bonds. The quantitative estimate of drug-likeness (QED) is 0.0663. The smallest absolute Gasteiger partial charge is 0.172 e. The number of carboxylic acid groups (broad SMARTS) is 2. The van der Waals surface area contributed by atoms with Crippen molar-refractivity contribution in [1.29, 1.82) is 0 Å². The zero-order valence-electron chi connectivity index (χ0n) is 28.0. The molecular weight excluding hydrogens is 713 g/mol. The number of fused-ring (bicyclic) bond motifs is 2. The van der Waals surface area contributed by atoms with Crippen molar-refractivity contribution in [3.05, 3.63) is 153 Å². The van der Waals surface area contributed by atoms with E-state index in [-0.39, 0.29) is 25.1 Å². The molecule has 0 saturated heterocycles. The molecule has 0 aliphatic carbocycles. The number of aliphatic carboxylic acids is 2. The minimum Gasteiger partial charge on any atom is -0.548 e. The molecule has 0 fully saturated rings. The molecule has 0 spiro atoms. The fourth-order valence-electron chi connectivity index (χ4n) is 5.12. The summed E-state index contributed by atoms with van der Waals surface area (Å²) in [5.74, 6) is -2.99. The molecule has 4 aromatic carbocycles.